The number of ether oxygens (including phenoxy) is 2. The van der Waals surface area contributed by atoms with Gasteiger partial charge >= 0.3 is 5.30 Å². The highest BCUT2D eigenvalue weighted by molar-refractivity contribution is 8.32. The van der Waals surface area contributed by atoms with Crippen LogP contribution in [-0.2, 0) is 16.1 Å². The Hall–Kier alpha value is -1.07. The number of carbonyl (C=O) groups is 1. The first kappa shape index (κ1) is 13.0. The summed E-state index contributed by atoms with van der Waals surface area (Å²) in [5, 5.41) is -0.430. The molecule has 0 aliphatic rings. The largest absolute Gasteiger partial charge is 0.473 e. The summed E-state index contributed by atoms with van der Waals surface area (Å²) in [6.45, 7) is 2.45. The molecule has 0 saturated carbocycles. The van der Waals surface area contributed by atoms with Gasteiger partial charge in [0.1, 0.15) is 6.61 Å². The van der Waals surface area contributed by atoms with Crippen LogP contribution < -0.4 is 0 Å². The molecule has 1 aromatic rings. The molecule has 0 heterocycles. The van der Waals surface area contributed by atoms with Crippen molar-refractivity contribution in [3.05, 3.63) is 35.9 Å². The maximum absolute atomic E-state index is 11.0. The fraction of sp³-hybridized carbons (Fsp3) is 0.273. The number of carbonyl (C=O) groups excluding carboxylic acids is 1. The van der Waals surface area contributed by atoms with E-state index in [4.69, 9.17) is 21.7 Å². The molecule has 0 aromatic heterocycles. The molecule has 5 heteroatoms. The molecule has 0 N–H and O–H groups in total. The van der Waals surface area contributed by atoms with Gasteiger partial charge in [-0.1, -0.05) is 30.3 Å². The fourth-order valence-electron chi connectivity index (χ4n) is 0.961. The van der Waals surface area contributed by atoms with Gasteiger partial charge in [-0.2, -0.15) is 0 Å². The maximum atomic E-state index is 11.0. The number of thiocarbonyl (C=S) groups is 1. The van der Waals surface area contributed by atoms with Gasteiger partial charge in [0, 0.05) is 11.8 Å². The summed E-state index contributed by atoms with van der Waals surface area (Å²) < 4.78 is 10.1. The molecule has 0 atom stereocenters. The average Bonchev–Trinajstić information content (AvgIpc) is 2.28. The highest BCUT2D eigenvalue weighted by Crippen LogP contribution is 2.12. The van der Waals surface area contributed by atoms with Gasteiger partial charge in [-0.05, 0) is 24.7 Å². The highest BCUT2D eigenvalue weighted by atomic mass is 32.2. The lowest BCUT2D eigenvalue weighted by molar-refractivity contribution is 0.181. The minimum atomic E-state index is -0.430. The number of hydrogen-bond acceptors (Lipinski definition) is 5. The van der Waals surface area contributed by atoms with E-state index in [1.807, 2.05) is 30.3 Å². The number of thioether (sulfide) groups is 1. The smallest absolute Gasteiger partial charge is 0.375 e. The Labute approximate surface area is 104 Å². The van der Waals surface area contributed by atoms with Crippen LogP contribution in [0.3, 0.4) is 0 Å². The minimum absolute atomic E-state index is 0.183. The van der Waals surface area contributed by atoms with Crippen molar-refractivity contribution in [3.8, 4) is 0 Å². The zero-order valence-corrected chi connectivity index (χ0v) is 10.5. The zero-order valence-electron chi connectivity index (χ0n) is 8.84. The standard InChI is InChI=1S/C11H12O3S2/c1-2-13-10(12)16-11(15)14-8-9-6-4-3-5-7-9/h3-7H,2,8H2,1H3. The molecule has 0 radical (unpaired) electrons. The molecule has 0 aliphatic heterocycles. The van der Waals surface area contributed by atoms with Gasteiger partial charge < -0.3 is 9.47 Å². The SMILES string of the molecule is CCOC(=O)SC(=S)OCc1ccccc1. The van der Waals surface area contributed by atoms with Crippen molar-refractivity contribution in [1.29, 1.82) is 0 Å². The lowest BCUT2D eigenvalue weighted by atomic mass is 10.2. The predicted molar refractivity (Wildman–Crippen MR) is 68.4 cm³/mol. The summed E-state index contributed by atoms with van der Waals surface area (Å²) in [5.41, 5.74) is 1.01. The van der Waals surface area contributed by atoms with E-state index in [0.29, 0.717) is 13.2 Å². The summed E-state index contributed by atoms with van der Waals surface area (Å²) in [6, 6.07) is 9.62. The Balaban J connectivity index is 2.28. The van der Waals surface area contributed by atoms with E-state index in [2.05, 4.69) is 0 Å². The summed E-state index contributed by atoms with van der Waals surface area (Å²) in [6.07, 6.45) is 0. The summed E-state index contributed by atoms with van der Waals surface area (Å²) >= 11 is 5.68. The van der Waals surface area contributed by atoms with Gasteiger partial charge in [0.25, 0.3) is 0 Å². The Morgan fingerprint density at radius 2 is 2.00 bits per heavy atom. The van der Waals surface area contributed by atoms with Crippen LogP contribution >= 0.6 is 24.0 Å². The molecular formula is C11H12O3S2. The Morgan fingerprint density at radius 3 is 2.62 bits per heavy atom. The van der Waals surface area contributed by atoms with Crippen molar-refractivity contribution in [1.82, 2.24) is 0 Å². The third kappa shape index (κ3) is 5.14. The summed E-state index contributed by atoms with van der Waals surface area (Å²) in [5.74, 6) is 0. The average molecular weight is 256 g/mol. The molecule has 1 rings (SSSR count). The number of hydrogen-bond donors (Lipinski definition) is 0. The number of benzene rings is 1. The van der Waals surface area contributed by atoms with E-state index in [9.17, 15) is 4.79 Å². The van der Waals surface area contributed by atoms with Crippen LogP contribution in [0.2, 0.25) is 0 Å². The molecule has 86 valence electrons. The fourth-order valence-corrected chi connectivity index (χ4v) is 1.66. The van der Waals surface area contributed by atoms with Crippen molar-refractivity contribution < 1.29 is 14.3 Å². The maximum Gasteiger partial charge on any atom is 0.375 e. The van der Waals surface area contributed by atoms with E-state index >= 15 is 0 Å². The lowest BCUT2D eigenvalue weighted by Gasteiger charge is -2.05. The Kier molecular flexibility index (Phi) is 5.88. The second-order valence-corrected chi connectivity index (χ2v) is 4.35. The summed E-state index contributed by atoms with van der Waals surface area (Å²) in [7, 11) is 0. The minimum Gasteiger partial charge on any atom is -0.473 e. The molecule has 1 aromatic carbocycles. The van der Waals surface area contributed by atoms with Crippen molar-refractivity contribution in [2.45, 2.75) is 13.5 Å². The first-order valence-corrected chi connectivity index (χ1v) is 6.00. The molecule has 3 nitrogen and oxygen atoms in total. The van der Waals surface area contributed by atoms with E-state index in [-0.39, 0.29) is 4.38 Å². The van der Waals surface area contributed by atoms with Crippen LogP contribution in [0.15, 0.2) is 30.3 Å². The molecule has 0 bridgehead atoms. The second-order valence-electron chi connectivity index (χ2n) is 2.81. The van der Waals surface area contributed by atoms with Gasteiger partial charge in [-0.25, -0.2) is 4.79 Å². The first-order chi connectivity index (χ1) is 7.72. The topological polar surface area (TPSA) is 35.5 Å². The molecule has 0 saturated heterocycles. The van der Waals surface area contributed by atoms with Crippen molar-refractivity contribution in [2.75, 3.05) is 6.61 Å². The van der Waals surface area contributed by atoms with E-state index in [1.54, 1.807) is 6.92 Å². The summed E-state index contributed by atoms with van der Waals surface area (Å²) in [4.78, 5) is 11.0. The second kappa shape index (κ2) is 7.24. The van der Waals surface area contributed by atoms with E-state index < -0.39 is 5.30 Å². The lowest BCUT2D eigenvalue weighted by Crippen LogP contribution is -2.04. The van der Waals surface area contributed by atoms with Gasteiger partial charge in [-0.3, -0.25) is 0 Å². The third-order valence-electron chi connectivity index (χ3n) is 1.63. The van der Waals surface area contributed by atoms with Crippen molar-refractivity contribution in [3.63, 3.8) is 0 Å². The monoisotopic (exact) mass is 256 g/mol. The quantitative estimate of drug-likeness (QED) is 0.612. The molecule has 0 unspecified atom stereocenters. The van der Waals surface area contributed by atoms with E-state index in [0.717, 1.165) is 17.3 Å². The molecule has 0 spiro atoms. The molecule has 0 aliphatic carbocycles. The van der Waals surface area contributed by atoms with Crippen molar-refractivity contribution >= 4 is 33.7 Å². The van der Waals surface area contributed by atoms with Crippen molar-refractivity contribution in [2.24, 2.45) is 0 Å². The predicted octanol–water partition coefficient (Wildman–Crippen LogP) is 3.38. The molecular weight excluding hydrogens is 244 g/mol. The first-order valence-electron chi connectivity index (χ1n) is 4.77. The van der Waals surface area contributed by atoms with Crippen LogP contribution in [0.25, 0.3) is 0 Å². The van der Waals surface area contributed by atoms with Gasteiger partial charge in [0.15, 0.2) is 0 Å². The number of rotatable bonds is 3. The Morgan fingerprint density at radius 1 is 1.31 bits per heavy atom. The van der Waals surface area contributed by atoms with Gasteiger partial charge in [-0.15, -0.1) is 0 Å². The van der Waals surface area contributed by atoms with Crippen LogP contribution in [0, 0.1) is 0 Å². The van der Waals surface area contributed by atoms with Gasteiger partial charge in [0.2, 0.25) is 4.38 Å². The zero-order chi connectivity index (χ0) is 11.8. The van der Waals surface area contributed by atoms with Crippen LogP contribution in [0.5, 0.6) is 0 Å². The Bertz CT molecular complexity index is 352. The normalized spacial score (nSPS) is 9.56. The molecule has 0 amide bonds. The van der Waals surface area contributed by atoms with Crippen LogP contribution in [0.4, 0.5) is 4.79 Å². The highest BCUT2D eigenvalue weighted by Gasteiger charge is 2.08. The van der Waals surface area contributed by atoms with Gasteiger partial charge in [0.05, 0.1) is 6.61 Å². The van der Waals surface area contributed by atoms with Crippen LogP contribution in [-0.4, -0.2) is 16.3 Å². The molecule has 0 fully saturated rings. The van der Waals surface area contributed by atoms with Crippen LogP contribution in [0.1, 0.15) is 12.5 Å². The molecule has 16 heavy (non-hydrogen) atoms. The third-order valence-corrected chi connectivity index (χ3v) is 2.57. The van der Waals surface area contributed by atoms with E-state index in [1.165, 1.54) is 0 Å².